The van der Waals surface area contributed by atoms with Crippen LogP contribution in [0.1, 0.15) is 367 Å². The van der Waals surface area contributed by atoms with Gasteiger partial charge < -0.3 is 20.3 Å². The van der Waals surface area contributed by atoms with Crippen LogP contribution in [0, 0.1) is 0 Å². The lowest BCUT2D eigenvalue weighted by Gasteiger charge is -2.20. The molecule has 0 aromatic heterocycles. The predicted octanol–water partition coefficient (Wildman–Crippen LogP) is 21.0. The number of hydrogen-bond acceptors (Lipinski definition) is 5. The number of unbranched alkanes of at least 4 members (excludes halogenated alkanes) is 49. The quantitative estimate of drug-likeness (QED) is 0.0320. The number of allylic oxidation sites excluding steroid dienone is 3. The Hall–Kier alpha value is -1.66. The van der Waals surface area contributed by atoms with Crippen molar-refractivity contribution in [2.24, 2.45) is 0 Å². The van der Waals surface area contributed by atoms with Crippen LogP contribution in [0.25, 0.3) is 0 Å². The van der Waals surface area contributed by atoms with Crippen molar-refractivity contribution in [3.8, 4) is 0 Å². The second-order valence-corrected chi connectivity index (χ2v) is 22.8. The van der Waals surface area contributed by atoms with Gasteiger partial charge in [0.1, 0.15) is 0 Å². The average Bonchev–Trinajstić information content (AvgIpc) is 3.39. The van der Waals surface area contributed by atoms with Gasteiger partial charge in [0.2, 0.25) is 5.91 Å². The molecule has 432 valence electrons. The summed E-state index contributed by atoms with van der Waals surface area (Å²) in [6.45, 7) is 4.90. The number of aliphatic hydroxyl groups is 2. The van der Waals surface area contributed by atoms with E-state index in [1.807, 2.05) is 6.08 Å². The molecule has 0 aliphatic carbocycles. The van der Waals surface area contributed by atoms with Gasteiger partial charge in [-0.3, -0.25) is 9.59 Å². The number of amides is 1. The smallest absolute Gasteiger partial charge is 0.305 e. The molecule has 3 N–H and O–H groups in total. The van der Waals surface area contributed by atoms with Crippen LogP contribution in [0.3, 0.4) is 0 Å². The second kappa shape index (κ2) is 62.9. The lowest BCUT2D eigenvalue weighted by molar-refractivity contribution is -0.143. The van der Waals surface area contributed by atoms with Crippen molar-refractivity contribution in [1.29, 1.82) is 0 Å². The van der Waals surface area contributed by atoms with E-state index in [0.717, 1.165) is 44.9 Å². The standard InChI is InChI=1S/C67H129NO5/c1-3-5-7-9-11-13-15-16-38-41-45-49-53-57-61-67(72)73-62-58-54-50-46-42-39-36-34-32-30-28-26-24-22-20-18-17-19-21-23-25-27-29-31-33-35-37-40-44-48-52-56-60-66(71)68-64(63-69)65(70)59-55-51-47-43-14-12-10-8-6-4-2/h15-16,55,59,64-65,69-70H,3-14,17-54,56-58,60-63H2,1-2H3,(H,68,71)/b16-15-,59-55+. The molecule has 2 unspecified atom stereocenters. The number of aliphatic hydroxyl groups excluding tert-OH is 2. The molecule has 0 bridgehead atoms. The SMILES string of the molecule is CCCCCCC/C=C\CCCCCCCC(=O)OCCCCCCCCCCCCCCCCCCCCCCCCCCCCCCCCCCC(=O)NC(CO)C(O)/C=C/CCCCCCCCCC. The zero-order valence-electron chi connectivity index (χ0n) is 49.4. The Balaban J connectivity index is 3.30. The van der Waals surface area contributed by atoms with Crippen molar-refractivity contribution < 1.29 is 24.5 Å². The van der Waals surface area contributed by atoms with Gasteiger partial charge in [0, 0.05) is 12.8 Å². The Bertz CT molecular complexity index is 1140. The molecule has 0 spiro atoms. The third-order valence-corrected chi connectivity index (χ3v) is 15.5. The maximum Gasteiger partial charge on any atom is 0.305 e. The van der Waals surface area contributed by atoms with E-state index in [1.165, 1.54) is 295 Å². The molecular weight excluding hydrogens is 899 g/mol. The normalized spacial score (nSPS) is 12.7. The first-order valence-electron chi connectivity index (χ1n) is 33.1. The summed E-state index contributed by atoms with van der Waals surface area (Å²) in [4.78, 5) is 24.5. The van der Waals surface area contributed by atoms with E-state index < -0.39 is 12.1 Å². The van der Waals surface area contributed by atoms with Crippen LogP contribution in [0.2, 0.25) is 0 Å². The van der Waals surface area contributed by atoms with Crippen molar-refractivity contribution in [1.82, 2.24) is 5.32 Å². The minimum atomic E-state index is -0.839. The zero-order chi connectivity index (χ0) is 52.9. The number of carbonyl (C=O) groups excluding carboxylic acids is 2. The van der Waals surface area contributed by atoms with E-state index in [1.54, 1.807) is 6.08 Å². The van der Waals surface area contributed by atoms with Crippen LogP contribution in [0.4, 0.5) is 0 Å². The average molecular weight is 1030 g/mol. The van der Waals surface area contributed by atoms with E-state index in [4.69, 9.17) is 4.74 Å². The molecule has 0 saturated carbocycles. The lowest BCUT2D eigenvalue weighted by atomic mass is 10.0. The Kier molecular flexibility index (Phi) is 61.4. The summed E-state index contributed by atoms with van der Waals surface area (Å²) in [6.07, 6.45) is 78.3. The number of rotatable bonds is 62. The molecule has 0 radical (unpaired) electrons. The fraction of sp³-hybridized carbons (Fsp3) is 0.910. The van der Waals surface area contributed by atoms with Crippen LogP contribution in [-0.2, 0) is 14.3 Å². The molecular formula is C67H129NO5. The lowest BCUT2D eigenvalue weighted by Crippen LogP contribution is -2.45. The van der Waals surface area contributed by atoms with Crippen LogP contribution in [0.5, 0.6) is 0 Å². The number of carbonyl (C=O) groups is 2. The highest BCUT2D eigenvalue weighted by molar-refractivity contribution is 5.76. The summed E-state index contributed by atoms with van der Waals surface area (Å²) >= 11 is 0. The van der Waals surface area contributed by atoms with Gasteiger partial charge in [-0.2, -0.15) is 0 Å². The van der Waals surface area contributed by atoms with E-state index >= 15 is 0 Å². The Morgan fingerprint density at radius 1 is 0.370 bits per heavy atom. The topological polar surface area (TPSA) is 95.9 Å². The molecule has 0 fully saturated rings. The summed E-state index contributed by atoms with van der Waals surface area (Å²) in [5, 5.41) is 23.0. The molecule has 0 saturated heterocycles. The van der Waals surface area contributed by atoms with Gasteiger partial charge in [-0.25, -0.2) is 0 Å². The number of nitrogens with one attached hydrogen (secondary N) is 1. The van der Waals surface area contributed by atoms with Crippen molar-refractivity contribution in [2.75, 3.05) is 13.2 Å². The summed E-state index contributed by atoms with van der Waals surface area (Å²) in [6, 6.07) is -0.622. The Labute approximate surface area is 456 Å². The van der Waals surface area contributed by atoms with E-state index in [0.29, 0.717) is 19.4 Å². The van der Waals surface area contributed by atoms with Crippen molar-refractivity contribution in [3.63, 3.8) is 0 Å². The van der Waals surface area contributed by atoms with Gasteiger partial charge in [-0.1, -0.05) is 321 Å². The first-order valence-corrected chi connectivity index (χ1v) is 33.1. The number of esters is 1. The number of ether oxygens (including phenoxy) is 1. The molecule has 0 aliphatic heterocycles. The molecule has 0 aromatic carbocycles. The van der Waals surface area contributed by atoms with E-state index in [2.05, 4.69) is 31.3 Å². The fourth-order valence-corrected chi connectivity index (χ4v) is 10.4. The number of hydrogen-bond donors (Lipinski definition) is 3. The molecule has 1 amide bonds. The molecule has 6 heteroatoms. The molecule has 73 heavy (non-hydrogen) atoms. The summed E-state index contributed by atoms with van der Waals surface area (Å²) < 4.78 is 5.49. The highest BCUT2D eigenvalue weighted by atomic mass is 16.5. The van der Waals surface area contributed by atoms with Crippen molar-refractivity contribution in [2.45, 2.75) is 379 Å². The molecule has 0 heterocycles. The monoisotopic (exact) mass is 1030 g/mol. The summed E-state index contributed by atoms with van der Waals surface area (Å²) in [5.41, 5.74) is 0. The maximum atomic E-state index is 12.4. The summed E-state index contributed by atoms with van der Waals surface area (Å²) in [7, 11) is 0. The van der Waals surface area contributed by atoms with Gasteiger partial charge in [-0.05, 0) is 57.8 Å². The van der Waals surface area contributed by atoms with Crippen LogP contribution in [-0.4, -0.2) is 47.4 Å². The highest BCUT2D eigenvalue weighted by Gasteiger charge is 2.18. The third kappa shape index (κ3) is 59.4. The fourth-order valence-electron chi connectivity index (χ4n) is 10.4. The molecule has 0 aliphatic rings. The first kappa shape index (κ1) is 71.3. The Morgan fingerprint density at radius 3 is 0.973 bits per heavy atom. The predicted molar refractivity (Wildman–Crippen MR) is 320 cm³/mol. The van der Waals surface area contributed by atoms with Crippen molar-refractivity contribution >= 4 is 11.9 Å². The minimum absolute atomic E-state index is 0.0126. The molecule has 0 rings (SSSR count). The van der Waals surface area contributed by atoms with Crippen LogP contribution >= 0.6 is 0 Å². The van der Waals surface area contributed by atoms with Crippen LogP contribution in [0.15, 0.2) is 24.3 Å². The largest absolute Gasteiger partial charge is 0.466 e. The van der Waals surface area contributed by atoms with Gasteiger partial charge >= 0.3 is 5.97 Å². The second-order valence-electron chi connectivity index (χ2n) is 22.8. The highest BCUT2D eigenvalue weighted by Crippen LogP contribution is 2.18. The molecule has 6 nitrogen and oxygen atoms in total. The summed E-state index contributed by atoms with van der Waals surface area (Å²) in [5.74, 6) is -0.0515. The van der Waals surface area contributed by atoms with Crippen LogP contribution < -0.4 is 5.32 Å². The van der Waals surface area contributed by atoms with E-state index in [9.17, 15) is 19.8 Å². The van der Waals surface area contributed by atoms with Gasteiger partial charge in [-0.15, -0.1) is 0 Å². The van der Waals surface area contributed by atoms with Gasteiger partial charge in [0.05, 0.1) is 25.4 Å². The maximum absolute atomic E-state index is 12.4. The molecule has 0 aromatic rings. The van der Waals surface area contributed by atoms with Gasteiger partial charge in [0.15, 0.2) is 0 Å². The minimum Gasteiger partial charge on any atom is -0.466 e. The molecule has 2 atom stereocenters. The third-order valence-electron chi connectivity index (χ3n) is 15.5. The Morgan fingerprint density at radius 2 is 0.644 bits per heavy atom. The zero-order valence-corrected chi connectivity index (χ0v) is 49.4. The van der Waals surface area contributed by atoms with E-state index in [-0.39, 0.29) is 18.5 Å². The van der Waals surface area contributed by atoms with Gasteiger partial charge in [0.25, 0.3) is 0 Å². The van der Waals surface area contributed by atoms with Crippen molar-refractivity contribution in [3.05, 3.63) is 24.3 Å². The first-order chi connectivity index (χ1) is 36.0.